The first kappa shape index (κ1) is 21.2. The molecule has 9 heteroatoms. The summed E-state index contributed by atoms with van der Waals surface area (Å²) < 4.78 is 20.0. The minimum atomic E-state index is -0.721. The number of carbonyl (C=O) groups excluding carboxylic acids is 3. The Hall–Kier alpha value is -3.07. The standard InChI is InChI=1S/C19H21NO7S/c1-10-11(2)28-17(16(10)19(23)26-5)20-15(21)9-27-18(22)13-7-6-12(24-3)8-14(13)25-4/h6-8H,9H2,1-5H3,(H,20,21). The average molecular weight is 407 g/mol. The minimum Gasteiger partial charge on any atom is -0.497 e. The number of rotatable bonds is 7. The molecule has 8 nitrogen and oxygen atoms in total. The number of ether oxygens (including phenoxy) is 4. The van der Waals surface area contributed by atoms with Crippen LogP contribution in [0.3, 0.4) is 0 Å². The summed E-state index contributed by atoms with van der Waals surface area (Å²) in [5.41, 5.74) is 1.18. The largest absolute Gasteiger partial charge is 0.497 e. The molecule has 2 aromatic rings. The maximum Gasteiger partial charge on any atom is 0.342 e. The zero-order valence-corrected chi connectivity index (χ0v) is 17.0. The van der Waals surface area contributed by atoms with Crippen LogP contribution in [0.25, 0.3) is 0 Å². The first-order chi connectivity index (χ1) is 13.3. The molecule has 0 aliphatic carbocycles. The molecule has 150 valence electrons. The highest BCUT2D eigenvalue weighted by atomic mass is 32.1. The van der Waals surface area contributed by atoms with Gasteiger partial charge < -0.3 is 24.3 Å². The normalized spacial score (nSPS) is 10.2. The number of carbonyl (C=O) groups is 3. The molecule has 0 atom stereocenters. The van der Waals surface area contributed by atoms with E-state index in [1.165, 1.54) is 44.8 Å². The summed E-state index contributed by atoms with van der Waals surface area (Å²) in [6, 6.07) is 4.61. The lowest BCUT2D eigenvalue weighted by Gasteiger charge is -2.10. The highest BCUT2D eigenvalue weighted by Gasteiger charge is 2.22. The molecule has 1 aromatic carbocycles. The van der Waals surface area contributed by atoms with E-state index in [4.69, 9.17) is 18.9 Å². The summed E-state index contributed by atoms with van der Waals surface area (Å²) in [7, 11) is 4.17. The Morgan fingerprint density at radius 3 is 2.36 bits per heavy atom. The lowest BCUT2D eigenvalue weighted by molar-refractivity contribution is -0.119. The van der Waals surface area contributed by atoms with E-state index in [1.807, 2.05) is 6.92 Å². The number of methoxy groups -OCH3 is 3. The quantitative estimate of drug-likeness (QED) is 0.704. The third-order valence-electron chi connectivity index (χ3n) is 3.99. The van der Waals surface area contributed by atoms with Gasteiger partial charge in [0.25, 0.3) is 5.91 Å². The van der Waals surface area contributed by atoms with E-state index in [9.17, 15) is 14.4 Å². The maximum atomic E-state index is 12.3. The van der Waals surface area contributed by atoms with E-state index in [2.05, 4.69) is 5.32 Å². The SMILES string of the molecule is COC(=O)c1c(NC(=O)COC(=O)c2ccc(OC)cc2OC)sc(C)c1C. The molecule has 0 aliphatic heterocycles. The van der Waals surface area contributed by atoms with Crippen LogP contribution in [0.15, 0.2) is 18.2 Å². The molecule has 1 aromatic heterocycles. The monoisotopic (exact) mass is 407 g/mol. The van der Waals surface area contributed by atoms with Crippen LogP contribution in [0.5, 0.6) is 11.5 Å². The van der Waals surface area contributed by atoms with Crippen LogP contribution in [0.1, 0.15) is 31.2 Å². The van der Waals surface area contributed by atoms with Gasteiger partial charge in [-0.05, 0) is 31.5 Å². The van der Waals surface area contributed by atoms with E-state index in [-0.39, 0.29) is 11.3 Å². The average Bonchev–Trinajstić information content (AvgIpc) is 2.98. The first-order valence-corrected chi connectivity index (χ1v) is 9.01. The van der Waals surface area contributed by atoms with Crippen molar-refractivity contribution in [2.75, 3.05) is 33.3 Å². The Morgan fingerprint density at radius 2 is 1.75 bits per heavy atom. The predicted octanol–water partition coefficient (Wildman–Crippen LogP) is 2.96. The number of hydrogen-bond acceptors (Lipinski definition) is 8. The van der Waals surface area contributed by atoms with Crippen molar-refractivity contribution in [3.05, 3.63) is 39.8 Å². The third kappa shape index (κ3) is 4.61. The number of amides is 1. The summed E-state index contributed by atoms with van der Waals surface area (Å²) >= 11 is 1.25. The van der Waals surface area contributed by atoms with Gasteiger partial charge in [-0.1, -0.05) is 0 Å². The van der Waals surface area contributed by atoms with Crippen LogP contribution in [-0.4, -0.2) is 45.8 Å². The number of nitrogens with one attached hydrogen (secondary N) is 1. The van der Waals surface area contributed by atoms with Gasteiger partial charge in [-0.2, -0.15) is 0 Å². The van der Waals surface area contributed by atoms with Crippen molar-refractivity contribution in [2.24, 2.45) is 0 Å². The molecule has 0 unspecified atom stereocenters. The maximum absolute atomic E-state index is 12.3. The fraction of sp³-hybridized carbons (Fsp3) is 0.316. The van der Waals surface area contributed by atoms with Gasteiger partial charge in [0, 0.05) is 10.9 Å². The van der Waals surface area contributed by atoms with Gasteiger partial charge in [0.2, 0.25) is 0 Å². The summed E-state index contributed by atoms with van der Waals surface area (Å²) in [5, 5.41) is 2.94. The molecule has 1 N–H and O–H groups in total. The molecule has 0 fully saturated rings. The van der Waals surface area contributed by atoms with Crippen LogP contribution >= 0.6 is 11.3 Å². The van der Waals surface area contributed by atoms with Crippen molar-refractivity contribution in [2.45, 2.75) is 13.8 Å². The Balaban J connectivity index is 2.07. The second-order valence-electron chi connectivity index (χ2n) is 5.67. The number of aryl methyl sites for hydroxylation is 1. The zero-order chi connectivity index (χ0) is 20.8. The van der Waals surface area contributed by atoms with Gasteiger partial charge >= 0.3 is 11.9 Å². The molecular formula is C19H21NO7S. The van der Waals surface area contributed by atoms with Gasteiger partial charge in [0.1, 0.15) is 22.1 Å². The first-order valence-electron chi connectivity index (χ1n) is 8.19. The van der Waals surface area contributed by atoms with Crippen molar-refractivity contribution in [1.82, 2.24) is 0 Å². The van der Waals surface area contributed by atoms with Crippen LogP contribution in [0.2, 0.25) is 0 Å². The molecule has 0 spiro atoms. The molecule has 1 heterocycles. The number of esters is 2. The molecular weight excluding hydrogens is 386 g/mol. The minimum absolute atomic E-state index is 0.161. The summed E-state index contributed by atoms with van der Waals surface area (Å²) in [4.78, 5) is 37.3. The van der Waals surface area contributed by atoms with E-state index >= 15 is 0 Å². The molecule has 28 heavy (non-hydrogen) atoms. The lowest BCUT2D eigenvalue weighted by Crippen LogP contribution is -2.22. The fourth-order valence-electron chi connectivity index (χ4n) is 2.40. The van der Waals surface area contributed by atoms with E-state index in [0.29, 0.717) is 16.3 Å². The molecule has 0 aliphatic rings. The highest BCUT2D eigenvalue weighted by Crippen LogP contribution is 2.33. The van der Waals surface area contributed by atoms with Gasteiger partial charge in [0.15, 0.2) is 6.61 Å². The summed E-state index contributed by atoms with van der Waals surface area (Å²) in [5.74, 6) is -1.06. The zero-order valence-electron chi connectivity index (χ0n) is 16.2. The highest BCUT2D eigenvalue weighted by molar-refractivity contribution is 7.16. The van der Waals surface area contributed by atoms with Gasteiger partial charge in [0.05, 0.1) is 26.9 Å². The second-order valence-corrected chi connectivity index (χ2v) is 6.89. The second kappa shape index (κ2) is 9.23. The Morgan fingerprint density at radius 1 is 1.04 bits per heavy atom. The molecule has 2 rings (SSSR count). The van der Waals surface area contributed by atoms with Crippen LogP contribution in [0.4, 0.5) is 5.00 Å². The van der Waals surface area contributed by atoms with E-state index in [1.54, 1.807) is 13.0 Å². The molecule has 0 bridgehead atoms. The van der Waals surface area contributed by atoms with Gasteiger partial charge in [-0.15, -0.1) is 11.3 Å². The van der Waals surface area contributed by atoms with Crippen molar-refractivity contribution < 1.29 is 33.3 Å². The van der Waals surface area contributed by atoms with Crippen LogP contribution < -0.4 is 14.8 Å². The Labute approximate surface area is 166 Å². The van der Waals surface area contributed by atoms with Crippen LogP contribution in [0, 0.1) is 13.8 Å². The Bertz CT molecular complexity index is 904. The molecule has 1 amide bonds. The molecule has 0 radical (unpaired) electrons. The van der Waals surface area contributed by atoms with Crippen molar-refractivity contribution in [3.8, 4) is 11.5 Å². The summed E-state index contributed by atoms with van der Waals surface area (Å²) in [6.45, 7) is 3.08. The van der Waals surface area contributed by atoms with Crippen molar-refractivity contribution >= 4 is 34.2 Å². The van der Waals surface area contributed by atoms with Crippen LogP contribution in [-0.2, 0) is 14.3 Å². The van der Waals surface area contributed by atoms with E-state index < -0.39 is 24.5 Å². The number of hydrogen-bond donors (Lipinski definition) is 1. The molecule has 0 saturated heterocycles. The van der Waals surface area contributed by atoms with Crippen molar-refractivity contribution in [1.29, 1.82) is 0 Å². The van der Waals surface area contributed by atoms with Crippen molar-refractivity contribution in [3.63, 3.8) is 0 Å². The Kier molecular flexibility index (Phi) is 7.00. The fourth-order valence-corrected chi connectivity index (χ4v) is 3.47. The lowest BCUT2D eigenvalue weighted by atomic mass is 10.1. The topological polar surface area (TPSA) is 100 Å². The molecule has 0 saturated carbocycles. The van der Waals surface area contributed by atoms with Gasteiger partial charge in [-0.3, -0.25) is 4.79 Å². The van der Waals surface area contributed by atoms with Gasteiger partial charge in [-0.25, -0.2) is 9.59 Å². The number of benzene rings is 1. The summed E-state index contributed by atoms with van der Waals surface area (Å²) in [6.07, 6.45) is 0. The predicted molar refractivity (Wildman–Crippen MR) is 104 cm³/mol. The van der Waals surface area contributed by atoms with E-state index in [0.717, 1.165) is 10.4 Å². The number of anilines is 1. The smallest absolute Gasteiger partial charge is 0.342 e. The third-order valence-corrected chi connectivity index (χ3v) is 5.11. The number of thiophene rings is 1.